The van der Waals surface area contributed by atoms with Gasteiger partial charge in [0, 0.05) is 13.1 Å². The normalized spacial score (nSPS) is 18.7. The Kier molecular flexibility index (Phi) is 4.40. The minimum Gasteiger partial charge on any atom is -0.468 e. The van der Waals surface area contributed by atoms with Crippen molar-refractivity contribution < 1.29 is 4.42 Å². The van der Waals surface area contributed by atoms with Gasteiger partial charge in [-0.1, -0.05) is 0 Å². The van der Waals surface area contributed by atoms with Gasteiger partial charge in [0.25, 0.3) is 0 Å². The van der Waals surface area contributed by atoms with E-state index in [4.69, 9.17) is 4.42 Å². The lowest BCUT2D eigenvalue weighted by atomic mass is 9.97. The van der Waals surface area contributed by atoms with Crippen LogP contribution in [0.4, 0.5) is 5.69 Å². The first-order chi connectivity index (χ1) is 12.2. The molecule has 1 fully saturated rings. The third-order valence-electron chi connectivity index (χ3n) is 5.06. The Labute approximate surface area is 147 Å². The number of rotatable bonds is 5. The number of aromatic nitrogens is 4. The molecule has 1 atom stereocenters. The number of hydrogen-bond acceptors (Lipinski definition) is 6. The zero-order valence-corrected chi connectivity index (χ0v) is 14.8. The Bertz CT molecular complexity index is 841. The number of aryl methyl sites for hydroxylation is 1. The van der Waals surface area contributed by atoms with Crippen molar-refractivity contribution in [1.82, 2.24) is 24.7 Å². The van der Waals surface area contributed by atoms with Crippen LogP contribution in [0.15, 0.2) is 29.1 Å². The van der Waals surface area contributed by atoms with Gasteiger partial charge in [0.05, 0.1) is 24.2 Å². The van der Waals surface area contributed by atoms with Crippen LogP contribution in [-0.2, 0) is 6.54 Å². The molecule has 0 aromatic carbocycles. The molecular formula is C18H24N6O. The van der Waals surface area contributed by atoms with Crippen molar-refractivity contribution in [2.75, 3.05) is 25.0 Å². The van der Waals surface area contributed by atoms with Crippen molar-refractivity contribution in [2.24, 2.45) is 5.92 Å². The Morgan fingerprint density at radius 1 is 1.36 bits per heavy atom. The summed E-state index contributed by atoms with van der Waals surface area (Å²) < 4.78 is 7.23. The predicted octanol–water partition coefficient (Wildman–Crippen LogP) is 2.66. The molecule has 0 spiro atoms. The first kappa shape index (κ1) is 16.1. The number of hydrogen-bond donors (Lipinski definition) is 1. The summed E-state index contributed by atoms with van der Waals surface area (Å²) in [6.07, 6.45) is 5.87. The van der Waals surface area contributed by atoms with Crippen LogP contribution in [0.5, 0.6) is 0 Å². The maximum absolute atomic E-state index is 5.49. The molecule has 25 heavy (non-hydrogen) atoms. The number of piperidine rings is 1. The highest BCUT2D eigenvalue weighted by Crippen LogP contribution is 2.24. The molecular weight excluding hydrogens is 316 g/mol. The zero-order chi connectivity index (χ0) is 17.2. The molecule has 0 saturated carbocycles. The maximum atomic E-state index is 5.49. The smallest absolute Gasteiger partial charge is 0.200 e. The average molecular weight is 340 g/mol. The molecule has 1 unspecified atom stereocenters. The third kappa shape index (κ3) is 3.37. The first-order valence-electron chi connectivity index (χ1n) is 8.86. The van der Waals surface area contributed by atoms with E-state index in [1.807, 2.05) is 19.1 Å². The van der Waals surface area contributed by atoms with Gasteiger partial charge in [-0.25, -0.2) is 0 Å². The minimum atomic E-state index is 0.611. The molecule has 7 nitrogen and oxygen atoms in total. The van der Waals surface area contributed by atoms with E-state index in [1.54, 1.807) is 17.1 Å². The second kappa shape index (κ2) is 6.84. The van der Waals surface area contributed by atoms with Crippen LogP contribution in [0.1, 0.15) is 29.9 Å². The molecule has 1 aliphatic rings. The summed E-state index contributed by atoms with van der Waals surface area (Å²) in [5.41, 5.74) is 3.99. The Hall–Kier alpha value is -2.41. The van der Waals surface area contributed by atoms with Gasteiger partial charge in [-0.2, -0.15) is 9.61 Å². The van der Waals surface area contributed by atoms with Crippen LogP contribution in [-0.4, -0.2) is 44.3 Å². The molecule has 1 N–H and O–H groups in total. The summed E-state index contributed by atoms with van der Waals surface area (Å²) in [5, 5.41) is 16.3. The standard InChI is InChI=1S/C18H24N6O/c1-13-14(2)22-24-12-20-21-18(24)17(13)19-9-15-5-3-7-23(10-15)11-16-6-4-8-25-16/h4,6,8,12,15,19H,3,5,7,9-11H2,1-2H3. The van der Waals surface area contributed by atoms with Gasteiger partial charge in [0.1, 0.15) is 12.1 Å². The van der Waals surface area contributed by atoms with Crippen molar-refractivity contribution in [3.8, 4) is 0 Å². The lowest BCUT2D eigenvalue weighted by Crippen LogP contribution is -2.37. The minimum absolute atomic E-state index is 0.611. The lowest BCUT2D eigenvalue weighted by Gasteiger charge is -2.32. The summed E-state index contributed by atoms with van der Waals surface area (Å²) in [7, 11) is 0. The van der Waals surface area contributed by atoms with Gasteiger partial charge in [-0.05, 0) is 56.8 Å². The first-order valence-corrected chi connectivity index (χ1v) is 8.86. The van der Waals surface area contributed by atoms with Gasteiger partial charge in [0.15, 0.2) is 0 Å². The van der Waals surface area contributed by atoms with Crippen molar-refractivity contribution >= 4 is 11.3 Å². The molecule has 4 heterocycles. The Balaban J connectivity index is 1.43. The van der Waals surface area contributed by atoms with E-state index >= 15 is 0 Å². The molecule has 1 aliphatic heterocycles. The summed E-state index contributed by atoms with van der Waals surface area (Å²) in [6, 6.07) is 4.00. The van der Waals surface area contributed by atoms with Crippen molar-refractivity contribution in [3.63, 3.8) is 0 Å². The van der Waals surface area contributed by atoms with Crippen LogP contribution in [0.25, 0.3) is 5.65 Å². The van der Waals surface area contributed by atoms with Gasteiger partial charge in [-0.15, -0.1) is 10.2 Å². The number of fused-ring (bicyclic) bond motifs is 1. The summed E-state index contributed by atoms with van der Waals surface area (Å²) >= 11 is 0. The molecule has 0 amide bonds. The Morgan fingerprint density at radius 2 is 2.28 bits per heavy atom. The van der Waals surface area contributed by atoms with E-state index in [0.717, 1.165) is 54.5 Å². The van der Waals surface area contributed by atoms with Crippen molar-refractivity contribution in [2.45, 2.75) is 33.2 Å². The summed E-state index contributed by atoms with van der Waals surface area (Å²) in [5.74, 6) is 1.65. The van der Waals surface area contributed by atoms with Crippen LogP contribution in [0.3, 0.4) is 0 Å². The molecule has 0 radical (unpaired) electrons. The molecule has 3 aromatic heterocycles. The number of nitrogens with zero attached hydrogens (tertiary/aromatic N) is 5. The number of likely N-dealkylation sites (tertiary alicyclic amines) is 1. The topological polar surface area (TPSA) is 71.5 Å². The maximum Gasteiger partial charge on any atom is 0.200 e. The summed E-state index contributed by atoms with van der Waals surface area (Å²) in [4.78, 5) is 2.48. The average Bonchev–Trinajstić information content (AvgIpc) is 3.27. The molecule has 3 aromatic rings. The third-order valence-corrected chi connectivity index (χ3v) is 5.06. The van der Waals surface area contributed by atoms with Crippen molar-refractivity contribution in [3.05, 3.63) is 41.7 Å². The summed E-state index contributed by atoms with van der Waals surface area (Å²) in [6.45, 7) is 8.15. The molecule has 4 rings (SSSR count). The van der Waals surface area contributed by atoms with E-state index in [0.29, 0.717) is 5.92 Å². The van der Waals surface area contributed by atoms with E-state index in [-0.39, 0.29) is 0 Å². The second-order valence-electron chi connectivity index (χ2n) is 6.89. The highest BCUT2D eigenvalue weighted by molar-refractivity contribution is 5.71. The SMILES string of the molecule is Cc1nn2cnnc2c(NCC2CCCN(Cc3ccco3)C2)c1C. The van der Waals surface area contributed by atoms with Crippen molar-refractivity contribution in [1.29, 1.82) is 0 Å². The highest BCUT2D eigenvalue weighted by atomic mass is 16.3. The second-order valence-corrected chi connectivity index (χ2v) is 6.89. The van der Waals surface area contributed by atoms with Crippen LogP contribution in [0, 0.1) is 19.8 Å². The lowest BCUT2D eigenvalue weighted by molar-refractivity contribution is 0.162. The molecule has 0 bridgehead atoms. The zero-order valence-electron chi connectivity index (χ0n) is 14.8. The fraction of sp³-hybridized carbons (Fsp3) is 0.500. The molecule has 0 aliphatic carbocycles. The van der Waals surface area contributed by atoms with Gasteiger partial charge in [-0.3, -0.25) is 4.90 Å². The quantitative estimate of drug-likeness (QED) is 0.770. The van der Waals surface area contributed by atoms with Gasteiger partial charge >= 0.3 is 0 Å². The number of nitrogens with one attached hydrogen (secondary N) is 1. The monoisotopic (exact) mass is 340 g/mol. The van der Waals surface area contributed by atoms with E-state index in [2.05, 4.69) is 32.4 Å². The van der Waals surface area contributed by atoms with Gasteiger partial charge < -0.3 is 9.73 Å². The largest absolute Gasteiger partial charge is 0.468 e. The molecule has 1 saturated heterocycles. The van der Waals surface area contributed by atoms with E-state index < -0.39 is 0 Å². The number of anilines is 1. The fourth-order valence-electron chi connectivity index (χ4n) is 3.60. The van der Waals surface area contributed by atoms with E-state index in [9.17, 15) is 0 Å². The highest BCUT2D eigenvalue weighted by Gasteiger charge is 2.21. The van der Waals surface area contributed by atoms with Gasteiger partial charge in [0.2, 0.25) is 5.65 Å². The fourth-order valence-corrected chi connectivity index (χ4v) is 3.60. The predicted molar refractivity (Wildman–Crippen MR) is 95.5 cm³/mol. The van der Waals surface area contributed by atoms with E-state index in [1.165, 1.54) is 12.8 Å². The Morgan fingerprint density at radius 3 is 3.12 bits per heavy atom. The molecule has 7 heteroatoms. The van der Waals surface area contributed by atoms with Crippen LogP contribution in [0.2, 0.25) is 0 Å². The number of furan rings is 1. The molecule has 132 valence electrons. The van der Waals surface area contributed by atoms with Crippen LogP contribution >= 0.6 is 0 Å². The van der Waals surface area contributed by atoms with Crippen LogP contribution < -0.4 is 5.32 Å².